The Morgan fingerprint density at radius 1 is 1.19 bits per heavy atom. The summed E-state index contributed by atoms with van der Waals surface area (Å²) in [5.41, 5.74) is 0. The maximum absolute atomic E-state index is 12.8. The summed E-state index contributed by atoms with van der Waals surface area (Å²) >= 11 is 5.78. The molecule has 2 atom stereocenters. The first-order valence-corrected chi connectivity index (χ1v) is 10.0. The predicted octanol–water partition coefficient (Wildman–Crippen LogP) is 2.38. The number of ether oxygens (including phenoxy) is 1. The minimum absolute atomic E-state index is 0.0415. The number of sulfonamides is 1. The van der Waals surface area contributed by atoms with Crippen molar-refractivity contribution in [3.05, 3.63) is 29.1 Å². The number of nitrogens with zero attached hydrogens (tertiary/aromatic N) is 5. The molecule has 0 saturated carbocycles. The fraction of sp³-hybridized carbons (Fsp3) is 0.600. The lowest BCUT2D eigenvalue weighted by molar-refractivity contribution is 0.173. The summed E-state index contributed by atoms with van der Waals surface area (Å²) in [7, 11) is -2.21. The summed E-state index contributed by atoms with van der Waals surface area (Å²) in [5, 5.41) is 7.56. The molecule has 0 amide bonds. The first-order chi connectivity index (χ1) is 12.2. The summed E-state index contributed by atoms with van der Waals surface area (Å²) < 4.78 is 34.9. The SMILES string of the molecule is COCc1nnc(NS(=O)(=O)[C@@H](C)[C@H](C)c2ncc(Cl)cn2)n1C(C)C. The molecule has 2 aromatic rings. The summed E-state index contributed by atoms with van der Waals surface area (Å²) in [6, 6.07) is -0.0415. The van der Waals surface area contributed by atoms with Crippen molar-refractivity contribution in [1.82, 2.24) is 24.7 Å². The lowest BCUT2D eigenvalue weighted by atomic mass is 10.1. The molecule has 0 fully saturated rings. The number of hydrogen-bond acceptors (Lipinski definition) is 7. The third-order valence-electron chi connectivity index (χ3n) is 4.03. The third kappa shape index (κ3) is 4.49. The molecule has 0 saturated heterocycles. The zero-order valence-electron chi connectivity index (χ0n) is 15.3. The van der Waals surface area contributed by atoms with Crippen LogP contribution in [0.5, 0.6) is 0 Å². The van der Waals surface area contributed by atoms with Crippen LogP contribution >= 0.6 is 11.6 Å². The number of rotatable bonds is 8. The highest BCUT2D eigenvalue weighted by Gasteiger charge is 2.31. The summed E-state index contributed by atoms with van der Waals surface area (Å²) in [6.45, 7) is 7.40. The van der Waals surface area contributed by atoms with Crippen molar-refractivity contribution in [3.63, 3.8) is 0 Å². The van der Waals surface area contributed by atoms with Crippen molar-refractivity contribution in [1.29, 1.82) is 0 Å². The van der Waals surface area contributed by atoms with E-state index < -0.39 is 21.2 Å². The van der Waals surface area contributed by atoms with E-state index in [1.54, 1.807) is 25.5 Å². The second kappa shape index (κ2) is 8.28. The molecular weight excluding hydrogens is 380 g/mol. The Morgan fingerprint density at radius 3 is 2.35 bits per heavy atom. The van der Waals surface area contributed by atoms with E-state index in [9.17, 15) is 8.42 Å². The smallest absolute Gasteiger partial charge is 0.238 e. The average Bonchev–Trinajstić information content (AvgIpc) is 2.96. The van der Waals surface area contributed by atoms with Gasteiger partial charge in [0.1, 0.15) is 12.4 Å². The summed E-state index contributed by atoms with van der Waals surface area (Å²) in [4.78, 5) is 8.22. The normalized spacial score (nSPS) is 14.4. The molecule has 26 heavy (non-hydrogen) atoms. The van der Waals surface area contributed by atoms with Gasteiger partial charge in [-0.05, 0) is 20.8 Å². The number of anilines is 1. The highest BCUT2D eigenvalue weighted by atomic mass is 35.5. The van der Waals surface area contributed by atoms with E-state index in [-0.39, 0.29) is 18.6 Å². The van der Waals surface area contributed by atoms with Gasteiger partial charge in [0, 0.05) is 31.5 Å². The van der Waals surface area contributed by atoms with E-state index in [4.69, 9.17) is 16.3 Å². The monoisotopic (exact) mass is 402 g/mol. The van der Waals surface area contributed by atoms with Crippen LogP contribution in [-0.4, -0.2) is 45.5 Å². The van der Waals surface area contributed by atoms with E-state index in [2.05, 4.69) is 24.9 Å². The first-order valence-electron chi connectivity index (χ1n) is 8.09. The van der Waals surface area contributed by atoms with E-state index in [1.807, 2.05) is 13.8 Å². The minimum Gasteiger partial charge on any atom is -0.377 e. The Hall–Kier alpha value is -1.78. The molecule has 0 aliphatic heterocycles. The zero-order valence-corrected chi connectivity index (χ0v) is 16.9. The van der Waals surface area contributed by atoms with Crippen LogP contribution in [0, 0.1) is 0 Å². The van der Waals surface area contributed by atoms with Gasteiger partial charge in [-0.3, -0.25) is 9.29 Å². The standard InChI is InChI=1S/C15H23ClN6O3S/c1-9(2)22-13(8-25-5)19-20-15(22)21-26(23,24)11(4)10(3)14-17-6-12(16)7-18-14/h6-7,9-11H,8H2,1-5H3,(H,20,21)/t10-,11-/m0/s1. The third-order valence-corrected chi connectivity index (χ3v) is 6.08. The van der Waals surface area contributed by atoms with Gasteiger partial charge in [-0.25, -0.2) is 18.4 Å². The van der Waals surface area contributed by atoms with Crippen molar-refractivity contribution in [2.45, 2.75) is 51.5 Å². The lowest BCUT2D eigenvalue weighted by Crippen LogP contribution is -2.31. The van der Waals surface area contributed by atoms with Gasteiger partial charge in [-0.2, -0.15) is 0 Å². The fourth-order valence-corrected chi connectivity index (χ4v) is 3.76. The van der Waals surface area contributed by atoms with Crippen molar-refractivity contribution < 1.29 is 13.2 Å². The first kappa shape index (κ1) is 20.5. The second-order valence-electron chi connectivity index (χ2n) is 6.24. The van der Waals surface area contributed by atoms with Gasteiger partial charge in [0.05, 0.1) is 10.3 Å². The molecule has 0 aliphatic carbocycles. The highest BCUT2D eigenvalue weighted by molar-refractivity contribution is 7.93. The van der Waals surface area contributed by atoms with E-state index in [0.29, 0.717) is 16.7 Å². The highest BCUT2D eigenvalue weighted by Crippen LogP contribution is 2.24. The van der Waals surface area contributed by atoms with Crippen molar-refractivity contribution >= 4 is 27.6 Å². The van der Waals surface area contributed by atoms with Gasteiger partial charge in [-0.15, -0.1) is 10.2 Å². The van der Waals surface area contributed by atoms with Gasteiger partial charge >= 0.3 is 0 Å². The molecule has 0 bridgehead atoms. The van der Waals surface area contributed by atoms with Crippen molar-refractivity contribution in [2.75, 3.05) is 11.8 Å². The van der Waals surface area contributed by atoms with Crippen molar-refractivity contribution in [3.8, 4) is 0 Å². The Bertz CT molecular complexity index is 838. The van der Waals surface area contributed by atoms with Gasteiger partial charge in [0.15, 0.2) is 5.82 Å². The molecule has 0 aromatic carbocycles. The largest absolute Gasteiger partial charge is 0.377 e. The van der Waals surface area contributed by atoms with Crippen molar-refractivity contribution in [2.24, 2.45) is 0 Å². The molecule has 144 valence electrons. The lowest BCUT2D eigenvalue weighted by Gasteiger charge is -2.21. The zero-order chi connectivity index (χ0) is 19.5. The van der Waals surface area contributed by atoms with Crippen LogP contribution in [0.15, 0.2) is 12.4 Å². The van der Waals surface area contributed by atoms with Crippen LogP contribution < -0.4 is 4.72 Å². The molecule has 9 nitrogen and oxygen atoms in total. The quantitative estimate of drug-likeness (QED) is 0.721. The number of hydrogen-bond donors (Lipinski definition) is 1. The van der Waals surface area contributed by atoms with Crippen LogP contribution in [0.25, 0.3) is 0 Å². The van der Waals surface area contributed by atoms with E-state index in [1.165, 1.54) is 12.4 Å². The van der Waals surface area contributed by atoms with Gasteiger partial charge in [0.2, 0.25) is 16.0 Å². The predicted molar refractivity (Wildman–Crippen MR) is 98.6 cm³/mol. The van der Waals surface area contributed by atoms with Crippen LogP contribution in [0.3, 0.4) is 0 Å². The molecule has 2 heterocycles. The minimum atomic E-state index is -3.76. The topological polar surface area (TPSA) is 112 Å². The van der Waals surface area contributed by atoms with Gasteiger partial charge in [-0.1, -0.05) is 18.5 Å². The number of methoxy groups -OCH3 is 1. The average molecular weight is 403 g/mol. The Kier molecular flexibility index (Phi) is 6.53. The molecule has 0 aliphatic rings. The Balaban J connectivity index is 2.26. The van der Waals surface area contributed by atoms with Crippen LogP contribution in [0.1, 0.15) is 51.3 Å². The molecular formula is C15H23ClN6O3S. The maximum Gasteiger partial charge on any atom is 0.238 e. The Morgan fingerprint density at radius 2 is 1.81 bits per heavy atom. The van der Waals surface area contributed by atoms with E-state index >= 15 is 0 Å². The van der Waals surface area contributed by atoms with Crippen LogP contribution in [-0.2, 0) is 21.4 Å². The molecule has 2 aromatic heterocycles. The fourth-order valence-electron chi connectivity index (χ4n) is 2.42. The second-order valence-corrected chi connectivity index (χ2v) is 8.71. The molecule has 0 radical (unpaired) electrons. The summed E-state index contributed by atoms with van der Waals surface area (Å²) in [5.74, 6) is 0.654. The van der Waals surface area contributed by atoms with Crippen LogP contribution in [0.4, 0.5) is 5.95 Å². The Labute approximate surface area is 158 Å². The number of nitrogens with one attached hydrogen (secondary N) is 1. The number of aromatic nitrogens is 5. The van der Waals surface area contributed by atoms with Gasteiger partial charge in [0.25, 0.3) is 0 Å². The summed E-state index contributed by atoms with van der Waals surface area (Å²) in [6.07, 6.45) is 2.89. The number of halogens is 1. The van der Waals surface area contributed by atoms with Crippen LogP contribution in [0.2, 0.25) is 5.02 Å². The molecule has 11 heteroatoms. The molecule has 0 spiro atoms. The maximum atomic E-state index is 12.8. The molecule has 1 N–H and O–H groups in total. The van der Waals surface area contributed by atoms with Gasteiger partial charge < -0.3 is 4.74 Å². The molecule has 2 rings (SSSR count). The van der Waals surface area contributed by atoms with E-state index in [0.717, 1.165) is 0 Å². The molecule has 0 unspecified atom stereocenters.